The summed E-state index contributed by atoms with van der Waals surface area (Å²) in [5.74, 6) is 0.534. The molecule has 4 aromatic rings. The van der Waals surface area contributed by atoms with Gasteiger partial charge in [0.2, 0.25) is 10.5 Å². The molecule has 2 aromatic carbocycles. The van der Waals surface area contributed by atoms with E-state index < -0.39 is 0 Å². The molecular formula is C23H25N5OS. The molecule has 0 amide bonds. The van der Waals surface area contributed by atoms with E-state index in [4.69, 9.17) is 17.3 Å². The molecule has 0 atom stereocenters. The molecule has 6 nitrogen and oxygen atoms in total. The summed E-state index contributed by atoms with van der Waals surface area (Å²) in [4.78, 5) is 15.3. The Kier molecular flexibility index (Phi) is 5.65. The number of hydrogen-bond acceptors (Lipinski definition) is 4. The van der Waals surface area contributed by atoms with Gasteiger partial charge in [0.05, 0.1) is 17.6 Å². The molecule has 0 saturated carbocycles. The summed E-state index contributed by atoms with van der Waals surface area (Å²) < 4.78 is 5.88. The number of hydrogen-bond donors (Lipinski definition) is 0. The van der Waals surface area contributed by atoms with Crippen molar-refractivity contribution in [2.45, 2.75) is 39.6 Å². The summed E-state index contributed by atoms with van der Waals surface area (Å²) >= 11 is 5.81. The standard InChI is InChI=1S/C23H25N5OS/c1-4-14-26-21(29)19-12-8-9-13-20(19)28-22(26)24-27(23(28)30)16-25(17(2)3)15-18-10-6-5-7-11-18/h4-13,17H,1,14-16H2,2-3H3. The van der Waals surface area contributed by atoms with E-state index in [-0.39, 0.29) is 5.56 Å². The zero-order chi connectivity index (χ0) is 21.3. The zero-order valence-electron chi connectivity index (χ0n) is 17.2. The maximum Gasteiger partial charge on any atom is 0.263 e. The van der Waals surface area contributed by atoms with Crippen molar-refractivity contribution in [3.63, 3.8) is 0 Å². The number of aromatic nitrogens is 4. The van der Waals surface area contributed by atoms with Crippen LogP contribution in [0.15, 0.2) is 72.0 Å². The van der Waals surface area contributed by atoms with Gasteiger partial charge < -0.3 is 0 Å². The molecule has 30 heavy (non-hydrogen) atoms. The summed E-state index contributed by atoms with van der Waals surface area (Å²) in [5, 5.41) is 5.37. The normalized spacial score (nSPS) is 11.7. The first-order valence-electron chi connectivity index (χ1n) is 10.0. The molecule has 0 aliphatic heterocycles. The summed E-state index contributed by atoms with van der Waals surface area (Å²) in [6.45, 7) is 9.80. The molecule has 0 aliphatic rings. The van der Waals surface area contributed by atoms with Crippen LogP contribution in [0.3, 0.4) is 0 Å². The van der Waals surface area contributed by atoms with Gasteiger partial charge in [-0.25, -0.2) is 4.68 Å². The van der Waals surface area contributed by atoms with Gasteiger partial charge in [-0.15, -0.1) is 11.7 Å². The second-order valence-electron chi connectivity index (χ2n) is 7.61. The number of allylic oxidation sites excluding steroid dienone is 1. The fourth-order valence-electron chi connectivity index (χ4n) is 3.64. The lowest BCUT2D eigenvalue weighted by molar-refractivity contribution is 0.153. The maximum atomic E-state index is 13.0. The maximum absolute atomic E-state index is 13.0. The predicted molar refractivity (Wildman–Crippen MR) is 123 cm³/mol. The van der Waals surface area contributed by atoms with Crippen molar-refractivity contribution in [3.05, 3.63) is 87.9 Å². The third-order valence-electron chi connectivity index (χ3n) is 5.27. The second kappa shape index (κ2) is 8.38. The summed E-state index contributed by atoms with van der Waals surface area (Å²) in [6, 6.07) is 18.2. The van der Waals surface area contributed by atoms with E-state index in [1.807, 2.05) is 46.9 Å². The van der Waals surface area contributed by atoms with E-state index in [1.54, 1.807) is 15.3 Å². The van der Waals surface area contributed by atoms with Crippen LogP contribution in [-0.4, -0.2) is 29.7 Å². The van der Waals surface area contributed by atoms with Crippen molar-refractivity contribution in [1.82, 2.24) is 23.6 Å². The highest BCUT2D eigenvalue weighted by Gasteiger charge is 2.18. The number of rotatable bonds is 7. The van der Waals surface area contributed by atoms with Crippen molar-refractivity contribution in [3.8, 4) is 0 Å². The smallest absolute Gasteiger partial charge is 0.263 e. The van der Waals surface area contributed by atoms with Gasteiger partial charge in [-0.3, -0.25) is 18.7 Å². The Morgan fingerprint density at radius 3 is 2.53 bits per heavy atom. The Hall–Kier alpha value is -3.03. The topological polar surface area (TPSA) is 47.5 Å². The molecule has 2 aromatic heterocycles. The number of benzene rings is 2. The Morgan fingerprint density at radius 1 is 1.13 bits per heavy atom. The lowest BCUT2D eigenvalue weighted by atomic mass is 10.2. The van der Waals surface area contributed by atoms with Crippen LogP contribution in [0.25, 0.3) is 16.7 Å². The van der Waals surface area contributed by atoms with E-state index in [1.165, 1.54) is 5.56 Å². The van der Waals surface area contributed by atoms with Crippen molar-refractivity contribution in [2.24, 2.45) is 0 Å². The molecule has 0 aliphatic carbocycles. The highest BCUT2D eigenvalue weighted by Crippen LogP contribution is 2.16. The molecule has 0 unspecified atom stereocenters. The Labute approximate surface area is 180 Å². The molecule has 0 N–H and O–H groups in total. The van der Waals surface area contributed by atoms with Crippen LogP contribution in [-0.2, 0) is 19.8 Å². The molecule has 4 rings (SSSR count). The summed E-state index contributed by atoms with van der Waals surface area (Å²) in [5.41, 5.74) is 1.92. The average molecular weight is 420 g/mol. The molecule has 154 valence electrons. The summed E-state index contributed by atoms with van der Waals surface area (Å²) in [7, 11) is 0. The van der Waals surface area contributed by atoms with E-state index in [9.17, 15) is 4.79 Å². The number of nitrogens with zero attached hydrogens (tertiary/aromatic N) is 5. The molecule has 0 spiro atoms. The van der Waals surface area contributed by atoms with Crippen molar-refractivity contribution in [2.75, 3.05) is 0 Å². The predicted octanol–water partition coefficient (Wildman–Crippen LogP) is 4.23. The monoisotopic (exact) mass is 419 g/mol. The third kappa shape index (κ3) is 3.62. The van der Waals surface area contributed by atoms with Crippen molar-refractivity contribution in [1.29, 1.82) is 0 Å². The minimum Gasteiger partial charge on any atom is -0.278 e. The molecule has 7 heteroatoms. The van der Waals surface area contributed by atoms with Gasteiger partial charge in [0.25, 0.3) is 5.56 Å². The molecule has 0 fully saturated rings. The Bertz CT molecular complexity index is 1320. The number of para-hydroxylation sites is 1. The van der Waals surface area contributed by atoms with E-state index in [2.05, 4.69) is 37.5 Å². The fraction of sp³-hybridized carbons (Fsp3) is 0.261. The van der Waals surface area contributed by atoms with Gasteiger partial charge >= 0.3 is 0 Å². The van der Waals surface area contributed by atoms with E-state index in [0.29, 0.717) is 35.2 Å². The van der Waals surface area contributed by atoms with Gasteiger partial charge in [0.1, 0.15) is 0 Å². The average Bonchev–Trinajstić information content (AvgIpc) is 3.07. The van der Waals surface area contributed by atoms with Crippen LogP contribution in [0, 0.1) is 4.77 Å². The van der Waals surface area contributed by atoms with Crippen LogP contribution in [0.1, 0.15) is 19.4 Å². The highest BCUT2D eigenvalue weighted by atomic mass is 32.1. The first-order chi connectivity index (χ1) is 14.5. The zero-order valence-corrected chi connectivity index (χ0v) is 18.0. The van der Waals surface area contributed by atoms with Gasteiger partial charge in [-0.2, -0.15) is 0 Å². The van der Waals surface area contributed by atoms with Crippen LogP contribution >= 0.6 is 12.2 Å². The van der Waals surface area contributed by atoms with Gasteiger partial charge in [-0.1, -0.05) is 48.5 Å². The molecule has 0 radical (unpaired) electrons. The molecule has 0 saturated heterocycles. The Morgan fingerprint density at radius 2 is 1.83 bits per heavy atom. The van der Waals surface area contributed by atoms with Gasteiger partial charge in [-0.05, 0) is 43.8 Å². The molecule has 2 heterocycles. The number of fused-ring (bicyclic) bond motifs is 3. The second-order valence-corrected chi connectivity index (χ2v) is 7.97. The van der Waals surface area contributed by atoms with E-state index in [0.717, 1.165) is 12.1 Å². The minimum atomic E-state index is -0.0878. The summed E-state index contributed by atoms with van der Waals surface area (Å²) in [6.07, 6.45) is 1.70. The fourth-order valence-corrected chi connectivity index (χ4v) is 3.92. The third-order valence-corrected chi connectivity index (χ3v) is 5.66. The lowest BCUT2D eigenvalue weighted by Crippen LogP contribution is -2.33. The van der Waals surface area contributed by atoms with Crippen LogP contribution in [0.5, 0.6) is 0 Å². The Balaban J connectivity index is 1.85. The largest absolute Gasteiger partial charge is 0.278 e. The van der Waals surface area contributed by atoms with Crippen LogP contribution in [0.2, 0.25) is 0 Å². The van der Waals surface area contributed by atoms with Crippen LogP contribution < -0.4 is 5.56 Å². The van der Waals surface area contributed by atoms with Gasteiger partial charge in [0.15, 0.2) is 0 Å². The first kappa shape index (κ1) is 20.3. The van der Waals surface area contributed by atoms with Crippen molar-refractivity contribution < 1.29 is 0 Å². The highest BCUT2D eigenvalue weighted by molar-refractivity contribution is 7.71. The lowest BCUT2D eigenvalue weighted by Gasteiger charge is -2.26. The quantitative estimate of drug-likeness (QED) is 0.332. The van der Waals surface area contributed by atoms with E-state index >= 15 is 0 Å². The SMILES string of the molecule is C=CCn1c(=O)c2ccccc2n2c(=S)n(CN(Cc3ccccc3)C(C)C)nc12. The van der Waals surface area contributed by atoms with Crippen molar-refractivity contribution >= 4 is 28.9 Å². The first-order valence-corrected chi connectivity index (χ1v) is 10.4. The van der Waals surface area contributed by atoms with Gasteiger partial charge in [0, 0.05) is 19.1 Å². The minimum absolute atomic E-state index is 0.0878. The van der Waals surface area contributed by atoms with Crippen LogP contribution in [0.4, 0.5) is 0 Å². The molecular weight excluding hydrogens is 394 g/mol. The molecule has 0 bridgehead atoms.